The van der Waals surface area contributed by atoms with Crippen LogP contribution in [0, 0.1) is 0 Å². The van der Waals surface area contributed by atoms with E-state index in [1.807, 2.05) is 0 Å². The van der Waals surface area contributed by atoms with Gasteiger partial charge in [0.2, 0.25) is 0 Å². The summed E-state index contributed by atoms with van der Waals surface area (Å²) in [5, 5.41) is 3.34. The van der Waals surface area contributed by atoms with Crippen molar-refractivity contribution in [3.05, 3.63) is 28.8 Å². The van der Waals surface area contributed by atoms with Gasteiger partial charge in [0.05, 0.1) is 11.7 Å². The number of nitrogens with one attached hydrogen (secondary N) is 1. The molecule has 92 valence electrons. The fourth-order valence-electron chi connectivity index (χ4n) is 1.85. The summed E-state index contributed by atoms with van der Waals surface area (Å²) in [5.41, 5.74) is 6.57. The minimum absolute atomic E-state index is 0.132. The topological polar surface area (TPSA) is 64.4 Å². The van der Waals surface area contributed by atoms with E-state index in [0.29, 0.717) is 22.8 Å². The average Bonchev–Trinajstić information content (AvgIpc) is 2.78. The van der Waals surface area contributed by atoms with Gasteiger partial charge in [-0.3, -0.25) is 4.79 Å². The van der Waals surface area contributed by atoms with Gasteiger partial charge >= 0.3 is 0 Å². The van der Waals surface area contributed by atoms with Crippen molar-refractivity contribution in [1.29, 1.82) is 0 Å². The van der Waals surface area contributed by atoms with E-state index in [4.69, 9.17) is 22.1 Å². The summed E-state index contributed by atoms with van der Waals surface area (Å²) in [7, 11) is 0. The fraction of sp³-hybridized carbons (Fsp3) is 0.417. The van der Waals surface area contributed by atoms with Crippen LogP contribution < -0.4 is 11.1 Å². The SMILES string of the molecule is Nc1cc(Cl)ccc1C(=O)NCC1CCCO1. The molecule has 1 aliphatic heterocycles. The zero-order valence-electron chi connectivity index (χ0n) is 9.41. The van der Waals surface area contributed by atoms with E-state index in [9.17, 15) is 4.79 Å². The summed E-state index contributed by atoms with van der Waals surface area (Å²) in [6, 6.07) is 4.85. The van der Waals surface area contributed by atoms with Gasteiger partial charge in [-0.05, 0) is 31.0 Å². The molecule has 1 atom stereocenters. The zero-order valence-corrected chi connectivity index (χ0v) is 10.2. The highest BCUT2D eigenvalue weighted by Crippen LogP contribution is 2.18. The molecular weight excluding hydrogens is 240 g/mol. The standard InChI is InChI=1S/C12H15ClN2O2/c13-8-3-4-10(11(14)6-8)12(16)15-7-9-2-1-5-17-9/h3-4,6,9H,1-2,5,7,14H2,(H,15,16). The summed E-state index contributed by atoms with van der Waals surface area (Å²) in [6.07, 6.45) is 2.19. The van der Waals surface area contributed by atoms with E-state index < -0.39 is 0 Å². The lowest BCUT2D eigenvalue weighted by Gasteiger charge is -2.11. The quantitative estimate of drug-likeness (QED) is 0.809. The Balaban J connectivity index is 1.94. The zero-order chi connectivity index (χ0) is 12.3. The van der Waals surface area contributed by atoms with Crippen LogP contribution >= 0.6 is 11.6 Å². The minimum atomic E-state index is -0.185. The van der Waals surface area contributed by atoms with Gasteiger partial charge in [0.15, 0.2) is 0 Å². The molecule has 1 unspecified atom stereocenters. The van der Waals surface area contributed by atoms with Gasteiger partial charge in [0.1, 0.15) is 0 Å². The van der Waals surface area contributed by atoms with Gasteiger partial charge in [0.25, 0.3) is 5.91 Å². The summed E-state index contributed by atoms with van der Waals surface area (Å²) in [5.74, 6) is -0.185. The first kappa shape index (κ1) is 12.2. The molecule has 2 rings (SSSR count). The molecule has 1 fully saturated rings. The van der Waals surface area contributed by atoms with Crippen molar-refractivity contribution in [2.24, 2.45) is 0 Å². The van der Waals surface area contributed by atoms with Crippen LogP contribution in [0.3, 0.4) is 0 Å². The number of hydrogen-bond acceptors (Lipinski definition) is 3. The van der Waals surface area contributed by atoms with Crippen LogP contribution in [0.2, 0.25) is 5.02 Å². The van der Waals surface area contributed by atoms with Crippen molar-refractivity contribution >= 4 is 23.2 Å². The second kappa shape index (κ2) is 5.38. The Kier molecular flexibility index (Phi) is 3.86. The van der Waals surface area contributed by atoms with E-state index >= 15 is 0 Å². The lowest BCUT2D eigenvalue weighted by Crippen LogP contribution is -2.32. The Morgan fingerprint density at radius 2 is 2.41 bits per heavy atom. The van der Waals surface area contributed by atoms with Crippen LogP contribution in [-0.4, -0.2) is 25.2 Å². The summed E-state index contributed by atoms with van der Waals surface area (Å²) in [6.45, 7) is 1.31. The van der Waals surface area contributed by atoms with Gasteiger partial charge in [-0.2, -0.15) is 0 Å². The Bertz CT molecular complexity index is 417. The predicted octanol–water partition coefficient (Wildman–Crippen LogP) is 1.83. The number of carbonyl (C=O) groups is 1. The molecule has 0 aromatic heterocycles. The molecule has 0 radical (unpaired) electrons. The molecule has 0 saturated carbocycles. The van der Waals surface area contributed by atoms with Crippen molar-refractivity contribution in [2.45, 2.75) is 18.9 Å². The Hall–Kier alpha value is -1.26. The van der Waals surface area contributed by atoms with E-state index in [2.05, 4.69) is 5.32 Å². The number of anilines is 1. The van der Waals surface area contributed by atoms with Crippen molar-refractivity contribution in [3.63, 3.8) is 0 Å². The van der Waals surface area contributed by atoms with Crippen LogP contribution in [-0.2, 0) is 4.74 Å². The van der Waals surface area contributed by atoms with Crippen molar-refractivity contribution in [3.8, 4) is 0 Å². The first-order chi connectivity index (χ1) is 8.16. The molecule has 3 N–H and O–H groups in total. The van der Waals surface area contributed by atoms with Gasteiger partial charge in [0, 0.05) is 23.9 Å². The van der Waals surface area contributed by atoms with E-state index in [1.54, 1.807) is 18.2 Å². The van der Waals surface area contributed by atoms with Crippen LogP contribution in [0.5, 0.6) is 0 Å². The second-order valence-corrected chi connectivity index (χ2v) is 4.51. The fourth-order valence-corrected chi connectivity index (χ4v) is 2.03. The third-order valence-electron chi connectivity index (χ3n) is 2.77. The summed E-state index contributed by atoms with van der Waals surface area (Å²) in [4.78, 5) is 11.8. The van der Waals surface area contributed by atoms with Gasteiger partial charge in [-0.1, -0.05) is 11.6 Å². The van der Waals surface area contributed by atoms with Gasteiger partial charge < -0.3 is 15.8 Å². The van der Waals surface area contributed by atoms with E-state index in [1.165, 1.54) is 0 Å². The molecule has 1 aromatic carbocycles. The monoisotopic (exact) mass is 254 g/mol. The Morgan fingerprint density at radius 1 is 1.59 bits per heavy atom. The van der Waals surface area contributed by atoms with Crippen LogP contribution in [0.25, 0.3) is 0 Å². The van der Waals surface area contributed by atoms with Crippen LogP contribution in [0.1, 0.15) is 23.2 Å². The van der Waals surface area contributed by atoms with Crippen molar-refractivity contribution in [1.82, 2.24) is 5.32 Å². The maximum Gasteiger partial charge on any atom is 0.253 e. The normalized spacial score (nSPS) is 19.2. The molecule has 0 aliphatic carbocycles. The highest BCUT2D eigenvalue weighted by atomic mass is 35.5. The maximum absolute atomic E-state index is 11.8. The third-order valence-corrected chi connectivity index (χ3v) is 3.01. The summed E-state index contributed by atoms with van der Waals surface area (Å²) < 4.78 is 5.42. The first-order valence-electron chi connectivity index (χ1n) is 5.61. The molecule has 5 heteroatoms. The second-order valence-electron chi connectivity index (χ2n) is 4.08. The lowest BCUT2D eigenvalue weighted by atomic mass is 10.1. The highest BCUT2D eigenvalue weighted by molar-refractivity contribution is 6.31. The number of amides is 1. The molecule has 0 bridgehead atoms. The third kappa shape index (κ3) is 3.11. The molecule has 1 saturated heterocycles. The molecule has 17 heavy (non-hydrogen) atoms. The first-order valence-corrected chi connectivity index (χ1v) is 5.99. The number of ether oxygens (including phenoxy) is 1. The maximum atomic E-state index is 11.8. The van der Waals surface area contributed by atoms with Crippen molar-refractivity contribution in [2.75, 3.05) is 18.9 Å². The van der Waals surface area contributed by atoms with E-state index in [-0.39, 0.29) is 12.0 Å². The minimum Gasteiger partial charge on any atom is -0.398 e. The van der Waals surface area contributed by atoms with E-state index in [0.717, 1.165) is 19.4 Å². The Morgan fingerprint density at radius 3 is 3.06 bits per heavy atom. The van der Waals surface area contributed by atoms with Gasteiger partial charge in [-0.15, -0.1) is 0 Å². The smallest absolute Gasteiger partial charge is 0.253 e. The number of nitrogens with two attached hydrogens (primary N) is 1. The molecule has 1 aromatic rings. The van der Waals surface area contributed by atoms with Crippen molar-refractivity contribution < 1.29 is 9.53 Å². The number of nitrogen functional groups attached to an aromatic ring is 1. The number of hydrogen-bond donors (Lipinski definition) is 2. The number of carbonyl (C=O) groups excluding carboxylic acids is 1. The highest BCUT2D eigenvalue weighted by Gasteiger charge is 2.17. The molecule has 1 amide bonds. The summed E-state index contributed by atoms with van der Waals surface area (Å²) >= 11 is 5.77. The molecule has 1 heterocycles. The average molecular weight is 255 g/mol. The van der Waals surface area contributed by atoms with Crippen LogP contribution in [0.4, 0.5) is 5.69 Å². The van der Waals surface area contributed by atoms with Gasteiger partial charge in [-0.25, -0.2) is 0 Å². The molecule has 1 aliphatic rings. The molecule has 4 nitrogen and oxygen atoms in total. The predicted molar refractivity (Wildman–Crippen MR) is 67.2 cm³/mol. The Labute approximate surface area is 105 Å². The lowest BCUT2D eigenvalue weighted by molar-refractivity contribution is 0.0858. The largest absolute Gasteiger partial charge is 0.398 e. The van der Waals surface area contributed by atoms with Crippen LogP contribution in [0.15, 0.2) is 18.2 Å². The molecular formula is C12H15ClN2O2. The number of halogens is 1. The number of rotatable bonds is 3. The number of benzene rings is 1. The molecule has 0 spiro atoms.